The van der Waals surface area contributed by atoms with Crippen molar-refractivity contribution in [2.45, 2.75) is 19.3 Å². The van der Waals surface area contributed by atoms with Gasteiger partial charge in [-0.1, -0.05) is 37.3 Å². The minimum Gasteiger partial charge on any atom is -0.478 e. The molecule has 1 unspecified atom stereocenters. The van der Waals surface area contributed by atoms with Crippen LogP contribution in [0, 0.1) is 0 Å². The molecule has 2 N–H and O–H groups in total. The number of nitrogens with zero attached hydrogens (tertiary/aromatic N) is 1. The summed E-state index contributed by atoms with van der Waals surface area (Å²) in [4.78, 5) is 27.1. The molecule has 0 bridgehead atoms. The summed E-state index contributed by atoms with van der Waals surface area (Å²) in [5.41, 5.74) is 1.36. The van der Waals surface area contributed by atoms with E-state index in [2.05, 4.69) is 10.3 Å². The molecular formula is C16H16N2O3. The molecule has 21 heavy (non-hydrogen) atoms. The van der Waals surface area contributed by atoms with Crippen molar-refractivity contribution in [1.82, 2.24) is 4.98 Å². The van der Waals surface area contributed by atoms with Crippen LogP contribution in [-0.2, 0) is 4.79 Å². The van der Waals surface area contributed by atoms with Gasteiger partial charge in [-0.3, -0.25) is 9.78 Å². The molecule has 1 atom stereocenters. The van der Waals surface area contributed by atoms with Crippen LogP contribution < -0.4 is 5.32 Å². The van der Waals surface area contributed by atoms with Crippen molar-refractivity contribution < 1.29 is 14.7 Å². The Labute approximate surface area is 122 Å². The Morgan fingerprint density at radius 1 is 1.24 bits per heavy atom. The average Bonchev–Trinajstić information content (AvgIpc) is 2.49. The van der Waals surface area contributed by atoms with Gasteiger partial charge in [-0.15, -0.1) is 0 Å². The fourth-order valence-corrected chi connectivity index (χ4v) is 2.11. The maximum absolute atomic E-state index is 12.3. The second-order valence-electron chi connectivity index (χ2n) is 4.63. The van der Waals surface area contributed by atoms with Crippen LogP contribution in [0.3, 0.4) is 0 Å². The molecule has 0 saturated carbocycles. The Balaban J connectivity index is 2.16. The third-order valence-electron chi connectivity index (χ3n) is 3.18. The third kappa shape index (κ3) is 3.66. The Hall–Kier alpha value is -2.69. The van der Waals surface area contributed by atoms with E-state index in [0.717, 1.165) is 5.56 Å². The number of carbonyl (C=O) groups excluding carboxylic acids is 1. The summed E-state index contributed by atoms with van der Waals surface area (Å²) in [6, 6.07) is 10.9. The lowest BCUT2D eigenvalue weighted by Crippen LogP contribution is -2.21. The smallest absolute Gasteiger partial charge is 0.337 e. The molecule has 0 fully saturated rings. The van der Waals surface area contributed by atoms with Gasteiger partial charge in [0.05, 0.1) is 23.4 Å². The lowest BCUT2D eigenvalue weighted by atomic mass is 9.95. The number of anilines is 1. The largest absolute Gasteiger partial charge is 0.478 e. The van der Waals surface area contributed by atoms with E-state index in [4.69, 9.17) is 5.11 Å². The van der Waals surface area contributed by atoms with E-state index in [1.807, 2.05) is 37.3 Å². The number of carbonyl (C=O) groups is 2. The summed E-state index contributed by atoms with van der Waals surface area (Å²) in [5, 5.41) is 11.6. The van der Waals surface area contributed by atoms with Crippen molar-refractivity contribution in [3.8, 4) is 0 Å². The molecule has 0 spiro atoms. The van der Waals surface area contributed by atoms with Crippen LogP contribution in [0.1, 0.15) is 35.2 Å². The summed E-state index contributed by atoms with van der Waals surface area (Å²) < 4.78 is 0. The Kier molecular flexibility index (Phi) is 4.66. The van der Waals surface area contributed by atoms with E-state index >= 15 is 0 Å². The fourth-order valence-electron chi connectivity index (χ4n) is 2.11. The van der Waals surface area contributed by atoms with E-state index in [0.29, 0.717) is 12.1 Å². The second-order valence-corrected chi connectivity index (χ2v) is 4.63. The van der Waals surface area contributed by atoms with Gasteiger partial charge in [0.2, 0.25) is 5.91 Å². The molecule has 1 amide bonds. The van der Waals surface area contributed by atoms with Crippen molar-refractivity contribution in [3.63, 3.8) is 0 Å². The van der Waals surface area contributed by atoms with E-state index < -0.39 is 5.97 Å². The Bertz CT molecular complexity index is 641. The highest BCUT2D eigenvalue weighted by atomic mass is 16.4. The molecule has 5 heteroatoms. The molecule has 1 heterocycles. The normalized spacial score (nSPS) is 11.7. The number of aromatic nitrogens is 1. The molecule has 1 aromatic heterocycles. The summed E-state index contributed by atoms with van der Waals surface area (Å²) in [6.45, 7) is 1.93. The molecule has 0 radical (unpaired) electrons. The van der Waals surface area contributed by atoms with Gasteiger partial charge >= 0.3 is 5.97 Å². The molecular weight excluding hydrogens is 268 g/mol. The number of hydrogen-bond donors (Lipinski definition) is 2. The zero-order valence-corrected chi connectivity index (χ0v) is 11.6. The molecule has 0 aliphatic heterocycles. The van der Waals surface area contributed by atoms with Crippen LogP contribution in [0.2, 0.25) is 0 Å². The van der Waals surface area contributed by atoms with Crippen LogP contribution in [0.25, 0.3) is 0 Å². The van der Waals surface area contributed by atoms with Gasteiger partial charge in [0.1, 0.15) is 0 Å². The minimum absolute atomic E-state index is 0.0422. The summed E-state index contributed by atoms with van der Waals surface area (Å²) in [7, 11) is 0. The molecule has 1 aromatic carbocycles. The first-order valence-electron chi connectivity index (χ1n) is 6.66. The quantitative estimate of drug-likeness (QED) is 0.884. The summed E-state index contributed by atoms with van der Waals surface area (Å²) in [6.07, 6.45) is 3.33. The van der Waals surface area contributed by atoms with Crippen molar-refractivity contribution in [3.05, 3.63) is 59.9 Å². The zero-order valence-electron chi connectivity index (χ0n) is 11.6. The number of carboxylic acids is 1. The van der Waals surface area contributed by atoms with Crippen molar-refractivity contribution >= 4 is 17.6 Å². The van der Waals surface area contributed by atoms with Gasteiger partial charge in [-0.2, -0.15) is 0 Å². The molecule has 5 nitrogen and oxygen atoms in total. The fraction of sp³-hybridized carbons (Fsp3) is 0.188. The molecule has 0 saturated heterocycles. The third-order valence-corrected chi connectivity index (χ3v) is 3.18. The maximum Gasteiger partial charge on any atom is 0.337 e. The number of aromatic carboxylic acids is 1. The van der Waals surface area contributed by atoms with Crippen molar-refractivity contribution in [2.24, 2.45) is 0 Å². The maximum atomic E-state index is 12.3. The molecule has 2 rings (SSSR count). The van der Waals surface area contributed by atoms with Crippen LogP contribution >= 0.6 is 0 Å². The highest BCUT2D eigenvalue weighted by Gasteiger charge is 2.18. The van der Waals surface area contributed by atoms with E-state index in [1.54, 1.807) is 0 Å². The topological polar surface area (TPSA) is 79.3 Å². The van der Waals surface area contributed by atoms with E-state index in [9.17, 15) is 9.59 Å². The number of benzene rings is 1. The second kappa shape index (κ2) is 6.65. The van der Waals surface area contributed by atoms with Gasteiger partial charge in [0, 0.05) is 6.20 Å². The van der Waals surface area contributed by atoms with Crippen molar-refractivity contribution in [1.29, 1.82) is 0 Å². The average molecular weight is 284 g/mol. The highest BCUT2D eigenvalue weighted by Crippen LogP contribution is 2.21. The summed E-state index contributed by atoms with van der Waals surface area (Å²) in [5.74, 6) is -1.53. The van der Waals surface area contributed by atoms with E-state index in [1.165, 1.54) is 18.5 Å². The first-order chi connectivity index (χ1) is 10.1. The standard InChI is InChI=1S/C16H16N2O3/c1-2-14(11-6-4-3-5-7-11)15(19)18-13-8-12(16(20)21)9-17-10-13/h3-10,14H,2H2,1H3,(H,18,19)(H,20,21). The van der Waals surface area contributed by atoms with Gasteiger partial charge in [-0.05, 0) is 18.1 Å². The van der Waals surface area contributed by atoms with Gasteiger partial charge in [-0.25, -0.2) is 4.79 Å². The highest BCUT2D eigenvalue weighted by molar-refractivity contribution is 5.97. The number of nitrogens with one attached hydrogen (secondary N) is 1. The predicted octanol–water partition coefficient (Wildman–Crippen LogP) is 2.91. The van der Waals surface area contributed by atoms with Crippen LogP contribution in [0.5, 0.6) is 0 Å². The zero-order chi connectivity index (χ0) is 15.2. The number of amides is 1. The summed E-state index contributed by atoms with van der Waals surface area (Å²) >= 11 is 0. The lowest BCUT2D eigenvalue weighted by molar-refractivity contribution is -0.117. The number of pyridine rings is 1. The van der Waals surface area contributed by atoms with Gasteiger partial charge < -0.3 is 10.4 Å². The number of carboxylic acid groups (broad SMARTS) is 1. The molecule has 2 aromatic rings. The Morgan fingerprint density at radius 3 is 2.57 bits per heavy atom. The number of hydrogen-bond acceptors (Lipinski definition) is 3. The Morgan fingerprint density at radius 2 is 1.95 bits per heavy atom. The van der Waals surface area contributed by atoms with Crippen molar-refractivity contribution in [2.75, 3.05) is 5.32 Å². The first-order valence-corrected chi connectivity index (χ1v) is 6.66. The SMILES string of the molecule is CCC(C(=O)Nc1cncc(C(=O)O)c1)c1ccccc1. The molecule has 0 aliphatic rings. The first kappa shape index (κ1) is 14.7. The number of rotatable bonds is 5. The van der Waals surface area contributed by atoms with Gasteiger partial charge in [0.15, 0.2) is 0 Å². The van der Waals surface area contributed by atoms with Crippen LogP contribution in [-0.4, -0.2) is 22.0 Å². The molecule has 108 valence electrons. The van der Waals surface area contributed by atoms with Crippen LogP contribution in [0.15, 0.2) is 48.8 Å². The van der Waals surface area contributed by atoms with Gasteiger partial charge in [0.25, 0.3) is 0 Å². The minimum atomic E-state index is -1.08. The predicted molar refractivity (Wildman–Crippen MR) is 79.3 cm³/mol. The van der Waals surface area contributed by atoms with Crippen LogP contribution in [0.4, 0.5) is 5.69 Å². The lowest BCUT2D eigenvalue weighted by Gasteiger charge is -2.15. The monoisotopic (exact) mass is 284 g/mol. The van der Waals surface area contributed by atoms with E-state index in [-0.39, 0.29) is 17.4 Å². The molecule has 0 aliphatic carbocycles.